The predicted molar refractivity (Wildman–Crippen MR) is 95.4 cm³/mol. The molecule has 4 nitrogen and oxygen atoms in total. The molecule has 0 atom stereocenters. The first-order valence-corrected chi connectivity index (χ1v) is 8.51. The van der Waals surface area contributed by atoms with E-state index in [0.717, 1.165) is 23.5 Å². The van der Waals surface area contributed by atoms with Crippen molar-refractivity contribution in [3.8, 4) is 0 Å². The average Bonchev–Trinajstić information content (AvgIpc) is 2.82. The summed E-state index contributed by atoms with van der Waals surface area (Å²) in [7, 11) is 0. The standard InChI is InChI=1S/C20H26N2O2/c1-15-12-18(19(23)21-10-11-24-20(3,4)14-21)16(2)22(15)13-17-8-6-5-7-9-17/h5-9,12H,10-11,13-14H2,1-4H3. The predicted octanol–water partition coefficient (Wildman–Crippen LogP) is 3.40. The number of carbonyl (C=O) groups excluding carboxylic acids is 1. The number of hydrogen-bond acceptors (Lipinski definition) is 2. The first-order chi connectivity index (χ1) is 11.4. The minimum absolute atomic E-state index is 0.110. The molecule has 0 bridgehead atoms. The van der Waals surface area contributed by atoms with E-state index in [9.17, 15) is 4.79 Å². The van der Waals surface area contributed by atoms with Gasteiger partial charge in [0.2, 0.25) is 0 Å². The van der Waals surface area contributed by atoms with Crippen LogP contribution in [0, 0.1) is 13.8 Å². The Morgan fingerprint density at radius 3 is 2.58 bits per heavy atom. The van der Waals surface area contributed by atoms with Gasteiger partial charge in [0.05, 0.1) is 17.8 Å². The summed E-state index contributed by atoms with van der Waals surface area (Å²) in [6, 6.07) is 12.4. The van der Waals surface area contributed by atoms with Crippen LogP contribution in [-0.4, -0.2) is 40.7 Å². The van der Waals surface area contributed by atoms with Gasteiger partial charge in [0.15, 0.2) is 0 Å². The Morgan fingerprint density at radius 1 is 1.21 bits per heavy atom. The minimum Gasteiger partial charge on any atom is -0.372 e. The van der Waals surface area contributed by atoms with Crippen molar-refractivity contribution in [1.82, 2.24) is 9.47 Å². The van der Waals surface area contributed by atoms with Gasteiger partial charge < -0.3 is 14.2 Å². The fourth-order valence-electron chi connectivity index (χ4n) is 3.39. The van der Waals surface area contributed by atoms with E-state index in [1.165, 1.54) is 5.56 Å². The lowest BCUT2D eigenvalue weighted by molar-refractivity contribution is -0.0764. The summed E-state index contributed by atoms with van der Waals surface area (Å²) < 4.78 is 7.94. The molecule has 4 heteroatoms. The zero-order valence-corrected chi connectivity index (χ0v) is 15.0. The van der Waals surface area contributed by atoms with Crippen LogP contribution in [0.1, 0.15) is 41.2 Å². The fraction of sp³-hybridized carbons (Fsp3) is 0.450. The summed E-state index contributed by atoms with van der Waals surface area (Å²) >= 11 is 0. The summed E-state index contributed by atoms with van der Waals surface area (Å²) in [5.41, 5.74) is 3.92. The van der Waals surface area contributed by atoms with Gasteiger partial charge in [0.25, 0.3) is 5.91 Å². The van der Waals surface area contributed by atoms with Gasteiger partial charge in [0.1, 0.15) is 0 Å². The molecular formula is C20H26N2O2. The summed E-state index contributed by atoms with van der Waals surface area (Å²) in [5, 5.41) is 0. The number of benzene rings is 1. The Hall–Kier alpha value is -2.07. The lowest BCUT2D eigenvalue weighted by Gasteiger charge is -2.38. The van der Waals surface area contributed by atoms with E-state index in [0.29, 0.717) is 19.7 Å². The molecule has 2 heterocycles. The number of aromatic nitrogens is 1. The van der Waals surface area contributed by atoms with Gasteiger partial charge in [-0.15, -0.1) is 0 Å². The Kier molecular flexibility index (Phi) is 4.50. The van der Waals surface area contributed by atoms with E-state index in [4.69, 9.17) is 4.74 Å². The first-order valence-electron chi connectivity index (χ1n) is 8.51. The van der Waals surface area contributed by atoms with Crippen molar-refractivity contribution >= 4 is 5.91 Å². The number of rotatable bonds is 3. The van der Waals surface area contributed by atoms with Gasteiger partial charge >= 0.3 is 0 Å². The number of ether oxygens (including phenoxy) is 1. The second-order valence-electron chi connectivity index (χ2n) is 7.19. The van der Waals surface area contributed by atoms with Crippen LogP contribution < -0.4 is 0 Å². The number of morpholine rings is 1. The van der Waals surface area contributed by atoms with Crippen molar-refractivity contribution in [2.75, 3.05) is 19.7 Å². The molecule has 1 fully saturated rings. The SMILES string of the molecule is Cc1cc(C(=O)N2CCOC(C)(C)C2)c(C)n1Cc1ccccc1. The van der Waals surface area contributed by atoms with Crippen LogP contribution in [0.15, 0.2) is 36.4 Å². The van der Waals surface area contributed by atoms with Crippen molar-refractivity contribution in [3.05, 3.63) is 58.9 Å². The maximum absolute atomic E-state index is 13.0. The highest BCUT2D eigenvalue weighted by molar-refractivity contribution is 5.95. The van der Waals surface area contributed by atoms with Gasteiger partial charge in [-0.25, -0.2) is 0 Å². The largest absolute Gasteiger partial charge is 0.372 e. The molecule has 0 spiro atoms. The normalized spacial score (nSPS) is 17.1. The Labute approximate surface area is 144 Å². The van der Waals surface area contributed by atoms with Gasteiger partial charge in [-0.3, -0.25) is 4.79 Å². The molecule has 2 aromatic rings. The zero-order chi connectivity index (χ0) is 17.3. The van der Waals surface area contributed by atoms with E-state index >= 15 is 0 Å². The van der Waals surface area contributed by atoms with Crippen LogP contribution >= 0.6 is 0 Å². The second kappa shape index (κ2) is 6.44. The summed E-state index contributed by atoms with van der Waals surface area (Å²) in [5.74, 6) is 0.110. The molecule has 3 rings (SSSR count). The molecule has 128 valence electrons. The van der Waals surface area contributed by atoms with Crippen LogP contribution in [0.5, 0.6) is 0 Å². The maximum atomic E-state index is 13.0. The third kappa shape index (κ3) is 3.39. The van der Waals surface area contributed by atoms with Gasteiger partial charge in [0, 0.05) is 31.0 Å². The summed E-state index contributed by atoms with van der Waals surface area (Å²) in [4.78, 5) is 14.9. The molecule has 1 aromatic heterocycles. The van der Waals surface area contributed by atoms with E-state index in [2.05, 4.69) is 23.6 Å². The average molecular weight is 326 g/mol. The molecule has 1 amide bonds. The second-order valence-corrected chi connectivity index (χ2v) is 7.19. The quantitative estimate of drug-likeness (QED) is 0.866. The number of carbonyl (C=O) groups is 1. The van der Waals surface area contributed by atoms with Crippen molar-refractivity contribution < 1.29 is 9.53 Å². The van der Waals surface area contributed by atoms with E-state index in [1.807, 2.05) is 49.9 Å². The topological polar surface area (TPSA) is 34.5 Å². The third-order valence-corrected chi connectivity index (χ3v) is 4.70. The smallest absolute Gasteiger partial charge is 0.255 e. The van der Waals surface area contributed by atoms with Gasteiger partial charge in [-0.05, 0) is 39.3 Å². The molecule has 0 unspecified atom stereocenters. The van der Waals surface area contributed by atoms with E-state index in [1.54, 1.807) is 0 Å². The maximum Gasteiger partial charge on any atom is 0.255 e. The highest BCUT2D eigenvalue weighted by atomic mass is 16.5. The molecule has 0 radical (unpaired) electrons. The molecular weight excluding hydrogens is 300 g/mol. The Bertz CT molecular complexity index is 732. The molecule has 0 N–H and O–H groups in total. The number of nitrogens with zero attached hydrogens (tertiary/aromatic N) is 2. The molecule has 24 heavy (non-hydrogen) atoms. The van der Waals surface area contributed by atoms with Gasteiger partial charge in [-0.2, -0.15) is 0 Å². The summed E-state index contributed by atoms with van der Waals surface area (Å²) in [6.07, 6.45) is 0. The zero-order valence-electron chi connectivity index (χ0n) is 15.0. The van der Waals surface area contributed by atoms with Crippen LogP contribution in [0.25, 0.3) is 0 Å². The number of amides is 1. The van der Waals surface area contributed by atoms with Crippen molar-refractivity contribution in [2.24, 2.45) is 0 Å². The van der Waals surface area contributed by atoms with Crippen molar-refractivity contribution in [3.63, 3.8) is 0 Å². The Morgan fingerprint density at radius 2 is 1.92 bits per heavy atom. The number of aryl methyl sites for hydroxylation is 1. The monoisotopic (exact) mass is 326 g/mol. The van der Waals surface area contributed by atoms with Crippen LogP contribution in [-0.2, 0) is 11.3 Å². The molecule has 1 aliphatic rings. The first kappa shape index (κ1) is 16.8. The summed E-state index contributed by atoms with van der Waals surface area (Å²) in [6.45, 7) is 10.8. The van der Waals surface area contributed by atoms with Crippen LogP contribution in [0.4, 0.5) is 0 Å². The number of hydrogen-bond donors (Lipinski definition) is 0. The van der Waals surface area contributed by atoms with Crippen LogP contribution in [0.2, 0.25) is 0 Å². The van der Waals surface area contributed by atoms with Crippen molar-refractivity contribution in [1.29, 1.82) is 0 Å². The lowest BCUT2D eigenvalue weighted by atomic mass is 10.1. The van der Waals surface area contributed by atoms with Gasteiger partial charge in [-0.1, -0.05) is 30.3 Å². The molecule has 0 aliphatic carbocycles. The Balaban J connectivity index is 1.84. The minimum atomic E-state index is -0.274. The van der Waals surface area contributed by atoms with Crippen molar-refractivity contribution in [2.45, 2.75) is 39.8 Å². The highest BCUT2D eigenvalue weighted by Gasteiger charge is 2.31. The molecule has 1 aliphatic heterocycles. The third-order valence-electron chi connectivity index (χ3n) is 4.70. The van der Waals surface area contributed by atoms with E-state index < -0.39 is 0 Å². The van der Waals surface area contributed by atoms with Crippen LogP contribution in [0.3, 0.4) is 0 Å². The lowest BCUT2D eigenvalue weighted by Crippen LogP contribution is -2.50. The fourth-order valence-corrected chi connectivity index (χ4v) is 3.39. The van der Waals surface area contributed by atoms with E-state index in [-0.39, 0.29) is 11.5 Å². The molecule has 1 aromatic carbocycles. The molecule has 0 saturated carbocycles. The molecule has 1 saturated heterocycles. The highest BCUT2D eigenvalue weighted by Crippen LogP contribution is 2.22.